The van der Waals surface area contributed by atoms with E-state index in [1.54, 1.807) is 19.9 Å². The third-order valence-electron chi connectivity index (χ3n) is 8.29. The SMILES string of the molecule is CC(C)C(=O)Nc1nc2c(nnn2[C@@H]2C[C@H](CO)C[C@H]2O[P@](=S)(OCCC#N)OC[C@H]2C[C@@H](Nc3ccncn3)[C@H](F)[C@@H]2O[PH](=O)O)c(=O)[nH]1. The number of fused-ring (bicyclic) bond motifs is 1. The Morgan fingerprint density at radius 1 is 1.34 bits per heavy atom. The number of halogens is 1. The lowest BCUT2D eigenvalue weighted by Gasteiger charge is -2.29. The molecule has 272 valence electrons. The van der Waals surface area contributed by atoms with Gasteiger partial charge in [-0.15, -0.1) is 5.10 Å². The highest BCUT2D eigenvalue weighted by molar-refractivity contribution is 8.07. The summed E-state index contributed by atoms with van der Waals surface area (Å²) in [5.41, 5.74) is -0.688. The summed E-state index contributed by atoms with van der Waals surface area (Å²) in [5, 5.41) is 32.9. The highest BCUT2D eigenvalue weighted by Gasteiger charge is 2.47. The minimum Gasteiger partial charge on any atom is -0.396 e. The van der Waals surface area contributed by atoms with Crippen LogP contribution in [0.25, 0.3) is 11.2 Å². The number of anilines is 2. The Morgan fingerprint density at radius 2 is 2.14 bits per heavy atom. The number of nitrogens with one attached hydrogen (secondary N) is 3. The minimum atomic E-state index is -3.76. The molecule has 2 saturated carbocycles. The van der Waals surface area contributed by atoms with Gasteiger partial charge in [0.05, 0.1) is 43.9 Å². The molecule has 3 aromatic rings. The van der Waals surface area contributed by atoms with E-state index in [9.17, 15) is 24.2 Å². The fourth-order valence-corrected chi connectivity index (χ4v) is 8.59. The molecule has 2 fully saturated rings. The van der Waals surface area contributed by atoms with Gasteiger partial charge in [-0.05, 0) is 43.1 Å². The first-order chi connectivity index (χ1) is 23.9. The molecule has 0 radical (unpaired) electrons. The Labute approximate surface area is 290 Å². The summed E-state index contributed by atoms with van der Waals surface area (Å²) in [4.78, 5) is 49.4. The van der Waals surface area contributed by atoms with Gasteiger partial charge in [0.15, 0.2) is 11.2 Å². The summed E-state index contributed by atoms with van der Waals surface area (Å²) in [7, 11) is -3.55. The van der Waals surface area contributed by atoms with Gasteiger partial charge in [-0.25, -0.2) is 19.0 Å². The Morgan fingerprint density at radius 3 is 2.82 bits per heavy atom. The zero-order valence-corrected chi connectivity index (χ0v) is 29.6. The molecule has 5 rings (SSSR count). The van der Waals surface area contributed by atoms with Gasteiger partial charge in [-0.1, -0.05) is 19.1 Å². The quantitative estimate of drug-likeness (QED) is 0.103. The van der Waals surface area contributed by atoms with Crippen LogP contribution < -0.4 is 16.2 Å². The number of rotatable bonds is 16. The first kappa shape index (κ1) is 37.9. The molecule has 0 aliphatic heterocycles. The van der Waals surface area contributed by atoms with Gasteiger partial charge >= 0.3 is 15.0 Å². The average Bonchev–Trinajstić information content (AvgIpc) is 3.76. The van der Waals surface area contributed by atoms with Crippen LogP contribution in [-0.4, -0.2) is 95.1 Å². The summed E-state index contributed by atoms with van der Waals surface area (Å²) >= 11 is 5.78. The van der Waals surface area contributed by atoms with Gasteiger partial charge in [0.2, 0.25) is 11.9 Å². The number of aromatic amines is 1. The Hall–Kier alpha value is -3.31. The van der Waals surface area contributed by atoms with Crippen molar-refractivity contribution in [2.75, 3.05) is 30.5 Å². The lowest BCUT2D eigenvalue weighted by atomic mass is 10.1. The van der Waals surface area contributed by atoms with Crippen LogP contribution in [0.1, 0.15) is 45.6 Å². The smallest absolute Gasteiger partial charge is 0.327 e. The molecule has 2 aliphatic rings. The number of alkyl halides is 1. The normalized spacial score (nSPS) is 26.9. The number of hydrogen-bond acceptors (Lipinski definition) is 16. The summed E-state index contributed by atoms with van der Waals surface area (Å²) in [6, 6.07) is 1.95. The summed E-state index contributed by atoms with van der Waals surface area (Å²) in [5.74, 6) is -1.62. The van der Waals surface area contributed by atoms with Crippen LogP contribution in [0.5, 0.6) is 0 Å². The van der Waals surface area contributed by atoms with Crippen LogP contribution in [0.4, 0.5) is 16.2 Å². The van der Waals surface area contributed by atoms with E-state index in [0.29, 0.717) is 12.2 Å². The largest absolute Gasteiger partial charge is 0.396 e. The fraction of sp³-hybridized carbons (Fsp3) is 0.630. The van der Waals surface area contributed by atoms with E-state index in [0.717, 1.165) is 0 Å². The number of hydrogen-bond donors (Lipinski definition) is 5. The number of aliphatic hydroxyl groups is 1. The van der Waals surface area contributed by atoms with E-state index in [-0.39, 0.29) is 68.0 Å². The van der Waals surface area contributed by atoms with Crippen molar-refractivity contribution in [1.29, 1.82) is 5.26 Å². The molecular formula is C27H37FN10O9P2S. The number of amides is 1. The van der Waals surface area contributed by atoms with Crippen LogP contribution in [-0.2, 0) is 39.3 Å². The van der Waals surface area contributed by atoms with Crippen molar-refractivity contribution in [3.63, 3.8) is 0 Å². The van der Waals surface area contributed by atoms with E-state index < -0.39 is 62.8 Å². The zero-order chi connectivity index (χ0) is 36.0. The highest BCUT2D eigenvalue weighted by Crippen LogP contribution is 2.56. The second-order valence-electron chi connectivity index (χ2n) is 12.1. The summed E-state index contributed by atoms with van der Waals surface area (Å²) < 4.78 is 52.0. The molecule has 2 aliphatic carbocycles. The zero-order valence-electron chi connectivity index (χ0n) is 26.9. The van der Waals surface area contributed by atoms with Gasteiger partial charge in [0.1, 0.15) is 24.4 Å². The number of carbonyl (C=O) groups is 1. The van der Waals surface area contributed by atoms with Crippen molar-refractivity contribution in [2.24, 2.45) is 17.8 Å². The molecule has 3 heterocycles. The molecule has 9 atom stereocenters. The fourth-order valence-electron chi connectivity index (χ4n) is 5.86. The number of aromatic nitrogens is 7. The molecule has 0 saturated heterocycles. The van der Waals surface area contributed by atoms with Crippen LogP contribution in [0, 0.1) is 29.1 Å². The van der Waals surface area contributed by atoms with E-state index in [2.05, 4.69) is 40.9 Å². The molecule has 0 bridgehead atoms. The number of nitriles is 1. The lowest BCUT2D eigenvalue weighted by Crippen LogP contribution is -2.33. The van der Waals surface area contributed by atoms with Gasteiger partial charge in [-0.3, -0.25) is 24.5 Å². The second kappa shape index (κ2) is 16.8. The summed E-state index contributed by atoms with van der Waals surface area (Å²) in [6.07, 6.45) is -0.539. The topological polar surface area (TPSA) is 262 Å². The molecule has 5 N–H and O–H groups in total. The van der Waals surface area contributed by atoms with E-state index in [1.807, 2.05) is 6.07 Å². The molecule has 0 spiro atoms. The Balaban J connectivity index is 1.39. The third kappa shape index (κ3) is 9.12. The first-order valence-corrected chi connectivity index (χ1v) is 19.5. The maximum atomic E-state index is 15.6. The van der Waals surface area contributed by atoms with Crippen molar-refractivity contribution in [2.45, 2.75) is 70.0 Å². The number of nitrogens with zero attached hydrogens (tertiary/aromatic N) is 7. The maximum Gasteiger partial charge on any atom is 0.327 e. The predicted octanol–water partition coefficient (Wildman–Crippen LogP) is 2.00. The van der Waals surface area contributed by atoms with Crippen LogP contribution in [0.3, 0.4) is 0 Å². The number of H-pyrrole nitrogens is 1. The van der Waals surface area contributed by atoms with Gasteiger partial charge in [0, 0.05) is 24.6 Å². The van der Waals surface area contributed by atoms with Gasteiger partial charge in [-0.2, -0.15) is 10.2 Å². The van der Waals surface area contributed by atoms with Crippen molar-refractivity contribution in [1.82, 2.24) is 34.9 Å². The standard InChI is InChI=1S/C27H37FN10O9P2S/c1-14(2)25(40)34-27-33-24-22(26(41)35-27)36-37-38(24)18-8-15(11-39)9-19(18)47-49(50,44-7-3-5-29)45-12-16-10-17(21(28)23(16)46-48(42)43)32-20-4-6-30-13-31-20/h4,6,13-19,21,23,39,48H,3,7-12H2,1-2H3,(H,42,43)(H,30,31,32)(H2,33,34,35,40,41)/t15-,16+,17+,18+,19+,21-,23+,49-/m0/s1. The van der Waals surface area contributed by atoms with Crippen LogP contribution in [0.2, 0.25) is 0 Å². The Bertz CT molecular complexity index is 1820. The maximum absolute atomic E-state index is 15.6. The summed E-state index contributed by atoms with van der Waals surface area (Å²) in [6.45, 7) is -1.07. The average molecular weight is 759 g/mol. The first-order valence-electron chi connectivity index (χ1n) is 15.7. The molecule has 0 aromatic carbocycles. The molecule has 1 unspecified atom stereocenters. The van der Waals surface area contributed by atoms with Crippen molar-refractivity contribution < 1.29 is 41.8 Å². The third-order valence-corrected chi connectivity index (χ3v) is 11.1. The van der Waals surface area contributed by atoms with Gasteiger partial charge in [0.25, 0.3) is 5.56 Å². The van der Waals surface area contributed by atoms with Crippen molar-refractivity contribution in [3.05, 3.63) is 28.9 Å². The number of carbonyl (C=O) groups excluding carboxylic acids is 1. The van der Waals surface area contributed by atoms with E-state index >= 15 is 4.39 Å². The molecule has 3 aromatic heterocycles. The molecule has 19 nitrogen and oxygen atoms in total. The molecular weight excluding hydrogens is 721 g/mol. The van der Waals surface area contributed by atoms with Crippen LogP contribution >= 0.6 is 15.0 Å². The van der Waals surface area contributed by atoms with Crippen molar-refractivity contribution >= 4 is 55.6 Å². The van der Waals surface area contributed by atoms with Crippen LogP contribution in [0.15, 0.2) is 23.4 Å². The molecule has 1 amide bonds. The van der Waals surface area contributed by atoms with Crippen molar-refractivity contribution in [3.8, 4) is 6.07 Å². The van der Waals surface area contributed by atoms with Gasteiger partial charge < -0.3 is 33.4 Å². The molecule has 50 heavy (non-hydrogen) atoms. The lowest BCUT2D eigenvalue weighted by molar-refractivity contribution is -0.118. The van der Waals surface area contributed by atoms with E-state index in [1.165, 1.54) is 17.2 Å². The molecule has 23 heteroatoms. The minimum absolute atomic E-state index is 0.0472. The number of aliphatic hydroxyl groups excluding tert-OH is 1. The Kier molecular flexibility index (Phi) is 12.7. The second-order valence-corrected chi connectivity index (χ2v) is 15.8. The highest BCUT2D eigenvalue weighted by atomic mass is 32.5. The monoisotopic (exact) mass is 758 g/mol. The predicted molar refractivity (Wildman–Crippen MR) is 178 cm³/mol. The van der Waals surface area contributed by atoms with E-state index in [4.69, 9.17) is 35.2 Å².